The van der Waals surface area contributed by atoms with Gasteiger partial charge >= 0.3 is 0 Å². The highest BCUT2D eigenvalue weighted by molar-refractivity contribution is 7.89. The molecule has 2 aromatic carbocycles. The Labute approximate surface area is 160 Å². The lowest BCUT2D eigenvalue weighted by Gasteiger charge is -2.49. The molecule has 0 radical (unpaired) electrons. The van der Waals surface area contributed by atoms with Crippen LogP contribution in [0.2, 0.25) is 0 Å². The second kappa shape index (κ2) is 6.77. The molecule has 0 unspecified atom stereocenters. The van der Waals surface area contributed by atoms with Gasteiger partial charge in [0.2, 0.25) is 10.0 Å². The molecule has 6 heteroatoms. The van der Waals surface area contributed by atoms with Crippen molar-refractivity contribution in [2.24, 2.45) is 5.92 Å². The summed E-state index contributed by atoms with van der Waals surface area (Å²) < 4.78 is 33.8. The Morgan fingerprint density at radius 1 is 1.00 bits per heavy atom. The first-order chi connectivity index (χ1) is 12.9. The van der Waals surface area contributed by atoms with Gasteiger partial charge in [0.05, 0.1) is 18.0 Å². The SMILES string of the molecule is COc1ccc([C@@H]2[C@H]3CC[C@H](CC3=O)N2S(=O)(=O)c2ccc(C)cc2)cc1. The maximum atomic E-state index is 13.5. The summed E-state index contributed by atoms with van der Waals surface area (Å²) >= 11 is 0. The fraction of sp³-hybridized carbons (Fsp3) is 0.381. The topological polar surface area (TPSA) is 63.7 Å². The predicted octanol–water partition coefficient (Wildman–Crippen LogP) is 3.49. The van der Waals surface area contributed by atoms with Crippen LogP contribution in [0.3, 0.4) is 0 Å². The molecular weight excluding hydrogens is 362 g/mol. The van der Waals surface area contributed by atoms with E-state index < -0.39 is 16.1 Å². The molecule has 0 aromatic heterocycles. The highest BCUT2D eigenvalue weighted by Crippen LogP contribution is 2.48. The van der Waals surface area contributed by atoms with E-state index in [-0.39, 0.29) is 22.6 Å². The summed E-state index contributed by atoms with van der Waals surface area (Å²) in [5.41, 5.74) is 1.85. The number of hydrogen-bond acceptors (Lipinski definition) is 4. The van der Waals surface area contributed by atoms with E-state index in [0.29, 0.717) is 12.2 Å². The number of ketones is 1. The molecule has 2 aromatic rings. The van der Waals surface area contributed by atoms with E-state index in [2.05, 4.69) is 0 Å². The third-order valence-electron chi connectivity index (χ3n) is 5.73. The van der Waals surface area contributed by atoms with Crippen LogP contribution in [-0.2, 0) is 14.8 Å². The number of methoxy groups -OCH3 is 1. The number of carbonyl (C=O) groups excluding carboxylic acids is 1. The summed E-state index contributed by atoms with van der Waals surface area (Å²) in [5, 5.41) is 0. The van der Waals surface area contributed by atoms with E-state index in [9.17, 15) is 13.2 Å². The number of nitrogens with zero attached hydrogens (tertiary/aromatic N) is 1. The predicted molar refractivity (Wildman–Crippen MR) is 102 cm³/mol. The zero-order chi connectivity index (χ0) is 19.2. The minimum absolute atomic E-state index is 0.169. The van der Waals surface area contributed by atoms with Gasteiger partial charge in [-0.05, 0) is 49.6 Å². The normalized spacial score (nSPS) is 25.6. The van der Waals surface area contributed by atoms with Gasteiger partial charge < -0.3 is 4.74 Å². The Hall–Kier alpha value is -2.18. The molecule has 3 fully saturated rings. The molecule has 0 amide bonds. The van der Waals surface area contributed by atoms with Gasteiger partial charge in [0.25, 0.3) is 0 Å². The molecule has 142 valence electrons. The van der Waals surface area contributed by atoms with Crippen LogP contribution in [0, 0.1) is 12.8 Å². The summed E-state index contributed by atoms with van der Waals surface area (Å²) in [5.74, 6) is 0.588. The molecule has 5 rings (SSSR count). The third-order valence-corrected chi connectivity index (χ3v) is 7.68. The lowest BCUT2D eigenvalue weighted by Crippen LogP contribution is -2.56. The zero-order valence-corrected chi connectivity index (χ0v) is 16.3. The van der Waals surface area contributed by atoms with Crippen LogP contribution in [0.1, 0.15) is 36.4 Å². The van der Waals surface area contributed by atoms with Crippen molar-refractivity contribution in [3.8, 4) is 5.75 Å². The minimum atomic E-state index is -3.70. The molecular formula is C21H23NO4S. The maximum Gasteiger partial charge on any atom is 0.243 e. The Kier molecular flexibility index (Phi) is 4.56. The molecule has 1 aliphatic carbocycles. The Bertz CT molecular complexity index is 951. The van der Waals surface area contributed by atoms with E-state index in [4.69, 9.17) is 4.74 Å². The number of benzene rings is 2. The number of Topliss-reactive ketones (excluding diaryl/α,β-unsaturated/α-hetero) is 1. The maximum absolute atomic E-state index is 13.5. The molecule has 2 saturated heterocycles. The number of piperidine rings is 2. The number of sulfonamides is 1. The van der Waals surface area contributed by atoms with Crippen molar-refractivity contribution >= 4 is 15.8 Å². The number of aryl methyl sites for hydroxylation is 1. The van der Waals surface area contributed by atoms with E-state index in [1.807, 2.05) is 43.3 Å². The third kappa shape index (κ3) is 3.07. The van der Waals surface area contributed by atoms with E-state index in [0.717, 1.165) is 24.0 Å². The average molecular weight is 385 g/mol. The van der Waals surface area contributed by atoms with Gasteiger partial charge in [-0.3, -0.25) is 4.79 Å². The van der Waals surface area contributed by atoms with Crippen LogP contribution >= 0.6 is 0 Å². The van der Waals surface area contributed by atoms with Crippen molar-refractivity contribution in [1.82, 2.24) is 4.31 Å². The molecule has 2 aliphatic heterocycles. The number of carbonyl (C=O) groups is 1. The van der Waals surface area contributed by atoms with Gasteiger partial charge in [0, 0.05) is 18.4 Å². The second-order valence-corrected chi connectivity index (χ2v) is 9.22. The first-order valence-corrected chi connectivity index (χ1v) is 10.6. The van der Waals surface area contributed by atoms with Gasteiger partial charge in [-0.25, -0.2) is 8.42 Å². The van der Waals surface area contributed by atoms with Crippen LogP contribution in [0.25, 0.3) is 0 Å². The van der Waals surface area contributed by atoms with Crippen LogP contribution in [-0.4, -0.2) is 31.7 Å². The molecule has 3 atom stereocenters. The standard InChI is InChI=1S/C21H23NO4S/c1-14-3-10-18(11-4-14)27(24,25)22-16-7-12-19(20(23)13-16)21(22)15-5-8-17(26-2)9-6-15/h3-6,8-11,16,19,21H,7,12-13H2,1-2H3/t16-,19+,21-/m1/s1. The van der Waals surface area contributed by atoms with Crippen molar-refractivity contribution in [1.29, 1.82) is 0 Å². The van der Waals surface area contributed by atoms with Crippen molar-refractivity contribution in [3.63, 3.8) is 0 Å². The molecule has 5 nitrogen and oxygen atoms in total. The van der Waals surface area contributed by atoms with Crippen molar-refractivity contribution in [2.45, 2.75) is 43.2 Å². The number of ether oxygens (including phenoxy) is 1. The van der Waals surface area contributed by atoms with E-state index in [1.165, 1.54) is 0 Å². The Balaban J connectivity index is 1.80. The van der Waals surface area contributed by atoms with Crippen molar-refractivity contribution < 1.29 is 17.9 Å². The number of rotatable bonds is 4. The molecule has 2 bridgehead atoms. The molecule has 0 N–H and O–H groups in total. The second-order valence-electron chi connectivity index (χ2n) is 7.37. The lowest BCUT2D eigenvalue weighted by atomic mass is 9.73. The summed E-state index contributed by atoms with van der Waals surface area (Å²) in [6.07, 6.45) is 1.77. The fourth-order valence-electron chi connectivity index (χ4n) is 4.33. The van der Waals surface area contributed by atoms with Crippen molar-refractivity contribution in [2.75, 3.05) is 7.11 Å². The van der Waals surface area contributed by atoms with Gasteiger partial charge in [0.1, 0.15) is 11.5 Å². The molecule has 3 aliphatic rings. The smallest absolute Gasteiger partial charge is 0.243 e. The van der Waals surface area contributed by atoms with E-state index in [1.54, 1.807) is 23.5 Å². The summed E-state index contributed by atoms with van der Waals surface area (Å²) in [7, 11) is -2.10. The quantitative estimate of drug-likeness (QED) is 0.808. The first kappa shape index (κ1) is 18.2. The number of fused-ring (bicyclic) bond motifs is 3. The molecule has 2 heterocycles. The molecule has 0 spiro atoms. The van der Waals surface area contributed by atoms with Gasteiger partial charge in [-0.1, -0.05) is 29.8 Å². The summed E-state index contributed by atoms with van der Waals surface area (Å²) in [6.45, 7) is 1.93. The van der Waals surface area contributed by atoms with Crippen LogP contribution in [0.5, 0.6) is 5.75 Å². The Morgan fingerprint density at radius 3 is 2.26 bits per heavy atom. The molecule has 1 saturated carbocycles. The number of hydrogen-bond donors (Lipinski definition) is 0. The lowest BCUT2D eigenvalue weighted by molar-refractivity contribution is -0.133. The van der Waals surface area contributed by atoms with Gasteiger partial charge in [-0.2, -0.15) is 4.31 Å². The van der Waals surface area contributed by atoms with Crippen molar-refractivity contribution in [3.05, 3.63) is 59.7 Å². The fourth-order valence-corrected chi connectivity index (χ4v) is 6.20. The van der Waals surface area contributed by atoms with Crippen LogP contribution in [0.15, 0.2) is 53.4 Å². The highest BCUT2D eigenvalue weighted by Gasteiger charge is 2.52. The summed E-state index contributed by atoms with van der Waals surface area (Å²) in [6, 6.07) is 13.6. The molecule has 27 heavy (non-hydrogen) atoms. The minimum Gasteiger partial charge on any atom is -0.497 e. The zero-order valence-electron chi connectivity index (χ0n) is 15.5. The van der Waals surface area contributed by atoms with Gasteiger partial charge in [-0.15, -0.1) is 0 Å². The van der Waals surface area contributed by atoms with Crippen LogP contribution in [0.4, 0.5) is 0 Å². The largest absolute Gasteiger partial charge is 0.497 e. The Morgan fingerprint density at radius 2 is 1.67 bits per heavy atom. The van der Waals surface area contributed by atoms with Crippen LogP contribution < -0.4 is 4.74 Å². The monoisotopic (exact) mass is 385 g/mol. The average Bonchev–Trinajstić information content (AvgIpc) is 2.68. The van der Waals surface area contributed by atoms with Gasteiger partial charge in [0.15, 0.2) is 0 Å². The van der Waals surface area contributed by atoms with E-state index >= 15 is 0 Å². The highest BCUT2D eigenvalue weighted by atomic mass is 32.2. The summed E-state index contributed by atoms with van der Waals surface area (Å²) in [4.78, 5) is 12.9. The first-order valence-electron chi connectivity index (χ1n) is 9.18.